The van der Waals surface area contributed by atoms with Gasteiger partial charge >= 0.3 is 0 Å². The van der Waals surface area contributed by atoms with E-state index in [9.17, 15) is 12.8 Å². The van der Waals surface area contributed by atoms with E-state index in [0.717, 1.165) is 16.9 Å². The van der Waals surface area contributed by atoms with Crippen molar-refractivity contribution in [1.82, 2.24) is 10.6 Å². The highest BCUT2D eigenvalue weighted by Gasteiger charge is 2.13. The minimum atomic E-state index is -3.28. The molecule has 0 bridgehead atoms. The third-order valence-electron chi connectivity index (χ3n) is 4.20. The van der Waals surface area contributed by atoms with Crippen molar-refractivity contribution in [2.24, 2.45) is 4.99 Å². The molecule has 0 aromatic heterocycles. The van der Waals surface area contributed by atoms with Gasteiger partial charge in [0.2, 0.25) is 0 Å². The molecule has 0 radical (unpaired) electrons. The van der Waals surface area contributed by atoms with Crippen LogP contribution in [0.2, 0.25) is 0 Å². The second-order valence-electron chi connectivity index (χ2n) is 6.45. The number of rotatable bonds is 10. The molecule has 0 saturated heterocycles. The van der Waals surface area contributed by atoms with Crippen molar-refractivity contribution in [3.8, 4) is 0 Å². The van der Waals surface area contributed by atoms with Crippen molar-refractivity contribution in [3.05, 3.63) is 65.5 Å². The van der Waals surface area contributed by atoms with Gasteiger partial charge in [-0.1, -0.05) is 24.3 Å². The number of nitrogens with one attached hydrogen (secondary N) is 2. The molecule has 9 heteroatoms. The SMILES string of the molecule is CCNC(=NCc1ccc(F)cc1CSC)NCCCS(=O)(=O)c1ccccc1.I. The average molecular weight is 566 g/mol. The first-order valence-corrected chi connectivity index (χ1v) is 12.6. The average Bonchev–Trinajstić information content (AvgIpc) is 2.71. The molecular formula is C21H29FIN3O2S2. The van der Waals surface area contributed by atoms with Gasteiger partial charge in [0.1, 0.15) is 5.82 Å². The Balaban J connectivity index is 0.00000450. The lowest BCUT2D eigenvalue weighted by Gasteiger charge is -2.12. The summed E-state index contributed by atoms with van der Waals surface area (Å²) >= 11 is 1.64. The van der Waals surface area contributed by atoms with Crippen LogP contribution in [0.3, 0.4) is 0 Å². The Hall–Kier alpha value is -1.33. The van der Waals surface area contributed by atoms with Crippen LogP contribution in [0, 0.1) is 5.82 Å². The molecule has 0 fully saturated rings. The van der Waals surface area contributed by atoms with Crippen molar-refractivity contribution in [3.63, 3.8) is 0 Å². The standard InChI is InChI=1S/C21H28FN3O2S2.HI/c1-3-23-21(25-15-17-10-11-19(22)14-18(17)16-28-2)24-12-7-13-29(26,27)20-8-5-4-6-9-20;/h4-6,8-11,14H,3,7,12-13,15-16H2,1-2H3,(H2,23,24,25);1H. The second-order valence-corrected chi connectivity index (χ2v) is 9.43. The van der Waals surface area contributed by atoms with Gasteiger partial charge in [0.25, 0.3) is 0 Å². The monoisotopic (exact) mass is 565 g/mol. The van der Waals surface area contributed by atoms with Crippen LogP contribution in [0.15, 0.2) is 58.4 Å². The molecule has 2 aromatic rings. The number of thioether (sulfide) groups is 1. The van der Waals surface area contributed by atoms with Crippen LogP contribution in [0.1, 0.15) is 24.5 Å². The minimum absolute atomic E-state index is 0. The first-order chi connectivity index (χ1) is 14.0. The summed E-state index contributed by atoms with van der Waals surface area (Å²) in [5, 5.41) is 6.33. The minimum Gasteiger partial charge on any atom is -0.357 e. The topological polar surface area (TPSA) is 70.6 Å². The quantitative estimate of drug-likeness (QED) is 0.195. The summed E-state index contributed by atoms with van der Waals surface area (Å²) in [6, 6.07) is 13.2. The van der Waals surface area contributed by atoms with E-state index in [1.54, 1.807) is 54.2 Å². The molecule has 0 heterocycles. The third kappa shape index (κ3) is 8.81. The van der Waals surface area contributed by atoms with Crippen LogP contribution in [-0.4, -0.2) is 39.5 Å². The molecule has 2 N–H and O–H groups in total. The highest BCUT2D eigenvalue weighted by molar-refractivity contribution is 14.0. The molecule has 0 aliphatic carbocycles. The van der Waals surface area contributed by atoms with Gasteiger partial charge < -0.3 is 10.6 Å². The summed E-state index contributed by atoms with van der Waals surface area (Å²) in [5.41, 5.74) is 1.91. The van der Waals surface area contributed by atoms with Crippen LogP contribution < -0.4 is 10.6 Å². The molecule has 30 heavy (non-hydrogen) atoms. The fourth-order valence-corrected chi connectivity index (χ4v) is 4.67. The Morgan fingerprint density at radius 1 is 1.10 bits per heavy atom. The number of aliphatic imine (C=N–C) groups is 1. The van der Waals surface area contributed by atoms with Gasteiger partial charge in [-0.2, -0.15) is 11.8 Å². The van der Waals surface area contributed by atoms with Crippen molar-refractivity contribution >= 4 is 51.5 Å². The number of nitrogens with zero attached hydrogens (tertiary/aromatic N) is 1. The molecule has 2 rings (SSSR count). The molecule has 0 saturated carbocycles. The van der Waals surface area contributed by atoms with E-state index in [-0.39, 0.29) is 35.5 Å². The van der Waals surface area contributed by atoms with Gasteiger partial charge in [0.05, 0.1) is 17.2 Å². The zero-order valence-corrected chi connectivity index (χ0v) is 21.2. The Labute approximate surface area is 200 Å². The summed E-state index contributed by atoms with van der Waals surface area (Å²) < 4.78 is 38.2. The Morgan fingerprint density at radius 3 is 2.50 bits per heavy atom. The molecular weight excluding hydrogens is 536 g/mol. The lowest BCUT2D eigenvalue weighted by molar-refractivity contribution is 0.592. The van der Waals surface area contributed by atoms with Crippen molar-refractivity contribution in [2.75, 3.05) is 25.1 Å². The van der Waals surface area contributed by atoms with Crippen molar-refractivity contribution in [2.45, 2.75) is 30.5 Å². The van der Waals surface area contributed by atoms with E-state index < -0.39 is 9.84 Å². The molecule has 0 aliphatic rings. The lowest BCUT2D eigenvalue weighted by atomic mass is 10.1. The fourth-order valence-electron chi connectivity index (χ4n) is 2.76. The van der Waals surface area contributed by atoms with Gasteiger partial charge in [-0.3, -0.25) is 0 Å². The van der Waals surface area contributed by atoms with Crippen LogP contribution in [0.4, 0.5) is 4.39 Å². The van der Waals surface area contributed by atoms with Gasteiger partial charge in [-0.25, -0.2) is 17.8 Å². The van der Waals surface area contributed by atoms with Crippen LogP contribution in [0.5, 0.6) is 0 Å². The molecule has 0 aliphatic heterocycles. The highest BCUT2D eigenvalue weighted by atomic mass is 127. The summed E-state index contributed by atoms with van der Waals surface area (Å²) in [5.74, 6) is 1.17. The van der Waals surface area contributed by atoms with E-state index in [1.165, 1.54) is 6.07 Å². The van der Waals surface area contributed by atoms with E-state index >= 15 is 0 Å². The highest BCUT2D eigenvalue weighted by Crippen LogP contribution is 2.17. The predicted molar refractivity (Wildman–Crippen MR) is 135 cm³/mol. The van der Waals surface area contributed by atoms with E-state index in [2.05, 4.69) is 15.6 Å². The van der Waals surface area contributed by atoms with Gasteiger partial charge in [0, 0.05) is 18.8 Å². The van der Waals surface area contributed by atoms with Crippen LogP contribution in [-0.2, 0) is 22.1 Å². The predicted octanol–water partition coefficient (Wildman–Crippen LogP) is 4.23. The summed E-state index contributed by atoms with van der Waals surface area (Å²) in [6.07, 6.45) is 2.45. The molecule has 0 amide bonds. The summed E-state index contributed by atoms with van der Waals surface area (Å²) in [7, 11) is -3.28. The summed E-state index contributed by atoms with van der Waals surface area (Å²) in [6.45, 7) is 3.57. The smallest absolute Gasteiger partial charge is 0.191 e. The molecule has 166 valence electrons. The number of hydrogen-bond acceptors (Lipinski definition) is 4. The third-order valence-corrected chi connectivity index (χ3v) is 6.62. The number of hydrogen-bond donors (Lipinski definition) is 2. The maximum absolute atomic E-state index is 13.5. The molecule has 0 unspecified atom stereocenters. The molecule has 5 nitrogen and oxygen atoms in total. The van der Waals surface area contributed by atoms with Crippen LogP contribution in [0.25, 0.3) is 0 Å². The van der Waals surface area contributed by atoms with E-state index in [4.69, 9.17) is 0 Å². The number of benzene rings is 2. The fraction of sp³-hybridized carbons (Fsp3) is 0.381. The van der Waals surface area contributed by atoms with E-state index in [1.807, 2.05) is 13.2 Å². The zero-order valence-electron chi connectivity index (χ0n) is 17.2. The normalized spacial score (nSPS) is 11.6. The van der Waals surface area contributed by atoms with Gasteiger partial charge in [-0.05, 0) is 55.0 Å². The maximum atomic E-state index is 13.5. The van der Waals surface area contributed by atoms with Crippen LogP contribution >= 0.6 is 35.7 Å². The molecule has 0 spiro atoms. The molecule has 2 aromatic carbocycles. The number of halogens is 2. The van der Waals surface area contributed by atoms with Gasteiger partial charge in [-0.15, -0.1) is 24.0 Å². The van der Waals surface area contributed by atoms with E-state index in [0.29, 0.717) is 36.9 Å². The van der Waals surface area contributed by atoms with Crippen molar-refractivity contribution in [1.29, 1.82) is 0 Å². The maximum Gasteiger partial charge on any atom is 0.191 e. The largest absolute Gasteiger partial charge is 0.357 e. The Bertz CT molecular complexity index is 910. The molecule has 0 atom stereocenters. The lowest BCUT2D eigenvalue weighted by Crippen LogP contribution is -2.38. The zero-order chi connectivity index (χ0) is 21.1. The Kier molecular flexibility index (Phi) is 12.3. The van der Waals surface area contributed by atoms with Gasteiger partial charge in [0.15, 0.2) is 15.8 Å². The second kappa shape index (κ2) is 13.9. The number of sulfone groups is 1. The Morgan fingerprint density at radius 2 is 1.83 bits per heavy atom. The number of guanidine groups is 1. The first kappa shape index (κ1) is 26.7. The summed E-state index contributed by atoms with van der Waals surface area (Å²) in [4.78, 5) is 4.91. The first-order valence-electron chi connectivity index (χ1n) is 9.52. The van der Waals surface area contributed by atoms with Crippen molar-refractivity contribution < 1.29 is 12.8 Å².